The van der Waals surface area contributed by atoms with Crippen LogP contribution in [0.1, 0.15) is 55.7 Å². The maximum absolute atomic E-state index is 13.1. The van der Waals surface area contributed by atoms with Crippen LogP contribution in [0.4, 0.5) is 11.5 Å². The van der Waals surface area contributed by atoms with E-state index in [2.05, 4.69) is 32.4 Å². The van der Waals surface area contributed by atoms with Crippen LogP contribution in [-0.2, 0) is 24.2 Å². The molecular formula is C27H33N5O3S. The summed E-state index contributed by atoms with van der Waals surface area (Å²) in [7, 11) is 1.77. The highest BCUT2D eigenvalue weighted by atomic mass is 32.1. The summed E-state index contributed by atoms with van der Waals surface area (Å²) in [4.78, 5) is 30.4. The van der Waals surface area contributed by atoms with Crippen molar-refractivity contribution in [2.75, 3.05) is 18.9 Å². The second-order valence-electron chi connectivity index (χ2n) is 10.7. The molecule has 0 bridgehead atoms. The van der Waals surface area contributed by atoms with Crippen molar-refractivity contribution >= 4 is 45.2 Å². The maximum Gasteiger partial charge on any atom is 0.225 e. The van der Waals surface area contributed by atoms with Crippen LogP contribution in [0.3, 0.4) is 0 Å². The fraction of sp³-hybridized carbons (Fsp3) is 0.481. The fourth-order valence-corrected chi connectivity index (χ4v) is 6.37. The molecule has 1 atom stereocenters. The third-order valence-electron chi connectivity index (χ3n) is 6.54. The van der Waals surface area contributed by atoms with E-state index in [9.17, 15) is 9.90 Å². The number of aromatic nitrogens is 2. The predicted octanol–water partition coefficient (Wildman–Crippen LogP) is 4.49. The van der Waals surface area contributed by atoms with Crippen LogP contribution in [0.2, 0.25) is 0 Å². The van der Waals surface area contributed by atoms with Crippen molar-refractivity contribution in [2.24, 2.45) is 10.9 Å². The Bertz CT molecular complexity index is 1340. The third-order valence-corrected chi connectivity index (χ3v) is 7.71. The number of thiophene rings is 1. The molecule has 0 saturated heterocycles. The minimum Gasteiger partial charge on any atom is -0.489 e. The Morgan fingerprint density at radius 3 is 2.89 bits per heavy atom. The first-order valence-electron chi connectivity index (χ1n) is 12.4. The number of likely N-dealkylation sites (N-methyl/N-ethyl adjacent to an activating group) is 1. The molecule has 3 aromatic rings. The topological polar surface area (TPSA) is 99.9 Å². The number of hydrogen-bond acceptors (Lipinski definition) is 8. The zero-order valence-electron chi connectivity index (χ0n) is 21.5. The highest BCUT2D eigenvalue weighted by Gasteiger charge is 2.32. The first kappa shape index (κ1) is 24.6. The van der Waals surface area contributed by atoms with Gasteiger partial charge in [-0.3, -0.25) is 9.79 Å². The summed E-state index contributed by atoms with van der Waals surface area (Å²) in [6, 6.07) is 4.13. The molecule has 0 saturated carbocycles. The average Bonchev–Trinajstić information content (AvgIpc) is 3.40. The zero-order chi connectivity index (χ0) is 25.6. The molecule has 9 heteroatoms. The number of ether oxygens (including phenoxy) is 1. The van der Waals surface area contributed by atoms with Gasteiger partial charge >= 0.3 is 0 Å². The van der Waals surface area contributed by atoms with E-state index in [-0.39, 0.29) is 17.9 Å². The number of hydrogen-bond donors (Lipinski definition) is 2. The van der Waals surface area contributed by atoms with Crippen molar-refractivity contribution in [1.29, 1.82) is 0 Å². The largest absolute Gasteiger partial charge is 0.489 e. The summed E-state index contributed by atoms with van der Waals surface area (Å²) < 4.78 is 6.13. The molecule has 0 fully saturated rings. The quantitative estimate of drug-likeness (QED) is 0.489. The van der Waals surface area contributed by atoms with E-state index in [1.165, 1.54) is 10.4 Å². The number of aliphatic imine (C=N–C) groups is 1. The van der Waals surface area contributed by atoms with Gasteiger partial charge in [0, 0.05) is 30.6 Å². The van der Waals surface area contributed by atoms with Gasteiger partial charge in [-0.05, 0) is 75.8 Å². The van der Waals surface area contributed by atoms with E-state index < -0.39 is 5.60 Å². The molecule has 2 aliphatic rings. The summed E-state index contributed by atoms with van der Waals surface area (Å²) in [5, 5.41) is 14.7. The predicted molar refractivity (Wildman–Crippen MR) is 144 cm³/mol. The molecule has 8 nitrogen and oxygen atoms in total. The van der Waals surface area contributed by atoms with E-state index in [0.29, 0.717) is 19.5 Å². The van der Waals surface area contributed by atoms with Crippen molar-refractivity contribution in [3.8, 4) is 5.75 Å². The van der Waals surface area contributed by atoms with Gasteiger partial charge in [0.2, 0.25) is 5.91 Å². The number of anilines is 2. The van der Waals surface area contributed by atoms with Gasteiger partial charge in [-0.15, -0.1) is 11.3 Å². The van der Waals surface area contributed by atoms with Crippen LogP contribution < -0.4 is 10.1 Å². The fourth-order valence-electron chi connectivity index (χ4n) is 5.10. The molecule has 0 unspecified atom stereocenters. The van der Waals surface area contributed by atoms with Crippen molar-refractivity contribution in [1.82, 2.24) is 14.9 Å². The molecule has 1 aliphatic carbocycles. The molecule has 1 aliphatic heterocycles. The lowest BCUT2D eigenvalue weighted by Crippen LogP contribution is -2.43. The van der Waals surface area contributed by atoms with Gasteiger partial charge in [-0.2, -0.15) is 0 Å². The summed E-state index contributed by atoms with van der Waals surface area (Å²) in [5.74, 6) is 1.53. The van der Waals surface area contributed by atoms with Crippen LogP contribution in [0, 0.1) is 5.92 Å². The lowest BCUT2D eigenvalue weighted by molar-refractivity contribution is -0.137. The lowest BCUT2D eigenvalue weighted by atomic mass is 9.86. The lowest BCUT2D eigenvalue weighted by Gasteiger charge is -2.30. The maximum atomic E-state index is 13.1. The molecule has 3 heterocycles. The van der Waals surface area contributed by atoms with Crippen molar-refractivity contribution < 1.29 is 14.6 Å². The molecule has 2 N–H and O–H groups in total. The van der Waals surface area contributed by atoms with E-state index >= 15 is 0 Å². The Hall–Kier alpha value is -3.04. The summed E-state index contributed by atoms with van der Waals surface area (Å²) in [6.45, 7) is 8.46. The zero-order valence-corrected chi connectivity index (χ0v) is 22.3. The van der Waals surface area contributed by atoms with Crippen molar-refractivity contribution in [3.63, 3.8) is 0 Å². The number of benzene rings is 1. The Labute approximate surface area is 215 Å². The number of amides is 1. The van der Waals surface area contributed by atoms with Crippen LogP contribution in [0.25, 0.3) is 10.2 Å². The minimum atomic E-state index is -0.917. The van der Waals surface area contributed by atoms with E-state index in [4.69, 9.17) is 4.74 Å². The summed E-state index contributed by atoms with van der Waals surface area (Å²) in [5.41, 5.74) is 3.40. The number of nitrogens with zero attached hydrogens (tertiary/aromatic N) is 4. The molecule has 1 aromatic carbocycles. The monoisotopic (exact) mass is 507 g/mol. The Morgan fingerprint density at radius 2 is 2.14 bits per heavy atom. The number of carbonyl (C=O) groups excluding carboxylic acids is 1. The third kappa shape index (κ3) is 4.95. The van der Waals surface area contributed by atoms with Gasteiger partial charge < -0.3 is 20.1 Å². The average molecular weight is 508 g/mol. The highest BCUT2D eigenvalue weighted by Crippen LogP contribution is 2.42. The minimum absolute atomic E-state index is 0.0363. The number of aryl methyl sites for hydroxylation is 1. The van der Waals surface area contributed by atoms with Gasteiger partial charge in [0.1, 0.15) is 22.7 Å². The molecule has 36 heavy (non-hydrogen) atoms. The molecule has 1 amide bonds. The smallest absolute Gasteiger partial charge is 0.225 e. The molecule has 190 valence electrons. The van der Waals surface area contributed by atoms with Crippen LogP contribution in [0.15, 0.2) is 23.5 Å². The second-order valence-corrected chi connectivity index (χ2v) is 11.7. The molecule has 0 radical (unpaired) electrons. The number of nitrogens with one attached hydrogen (secondary N) is 1. The molecule has 2 aromatic heterocycles. The van der Waals surface area contributed by atoms with Crippen LogP contribution in [0.5, 0.6) is 5.75 Å². The molecular weight excluding hydrogens is 474 g/mol. The Balaban J connectivity index is 1.45. The SMILES string of the molecule is CC(C)Oc1cc2c(cc1Nc1ncnc3sc4c(c13)CC[C@H](C(=O)N(C)CC(C)(C)O)C4)C=NC2. The van der Waals surface area contributed by atoms with Crippen LogP contribution >= 0.6 is 11.3 Å². The summed E-state index contributed by atoms with van der Waals surface area (Å²) in [6.07, 6.45) is 5.75. The highest BCUT2D eigenvalue weighted by molar-refractivity contribution is 7.19. The van der Waals surface area contributed by atoms with Gasteiger partial charge in [0.25, 0.3) is 0 Å². The molecule has 0 spiro atoms. The standard InChI is InChI=1S/C27H33N5O3S/c1-15(2)35-21-9-18-12-28-11-17(18)8-20(21)31-24-23-19-7-6-16(26(33)32(5)13-27(3,4)34)10-22(19)36-25(23)30-14-29-24/h8-9,11,14-16,34H,6-7,10,12-13H2,1-5H3,(H,29,30,31)/t16-/m0/s1. The Morgan fingerprint density at radius 1 is 1.33 bits per heavy atom. The molecule has 5 rings (SSSR count). The first-order valence-corrected chi connectivity index (χ1v) is 13.2. The first-order chi connectivity index (χ1) is 17.1. The van der Waals surface area contributed by atoms with Gasteiger partial charge in [-0.25, -0.2) is 9.97 Å². The number of fused-ring (bicyclic) bond motifs is 4. The van der Waals surface area contributed by atoms with E-state index in [1.54, 1.807) is 43.5 Å². The normalized spacial score (nSPS) is 16.8. The van der Waals surface area contributed by atoms with Gasteiger partial charge in [0.15, 0.2) is 0 Å². The van der Waals surface area contributed by atoms with Gasteiger partial charge in [-0.1, -0.05) is 0 Å². The number of aliphatic hydroxyl groups is 1. The van der Waals surface area contributed by atoms with E-state index in [1.807, 2.05) is 20.1 Å². The van der Waals surface area contributed by atoms with Crippen molar-refractivity contribution in [2.45, 2.75) is 65.2 Å². The Kier molecular flexibility index (Phi) is 6.46. The van der Waals surface area contributed by atoms with Crippen LogP contribution in [-0.4, -0.2) is 57.4 Å². The number of carbonyl (C=O) groups is 1. The van der Waals surface area contributed by atoms with Gasteiger partial charge in [0.05, 0.1) is 29.3 Å². The second kappa shape index (κ2) is 9.44. The van der Waals surface area contributed by atoms with E-state index in [0.717, 1.165) is 51.4 Å². The summed E-state index contributed by atoms with van der Waals surface area (Å²) >= 11 is 1.64. The van der Waals surface area contributed by atoms with Crippen molar-refractivity contribution in [3.05, 3.63) is 40.0 Å². The number of rotatable bonds is 7.